The fourth-order valence-electron chi connectivity index (χ4n) is 2.12. The Kier molecular flexibility index (Phi) is 3.25. The van der Waals surface area contributed by atoms with E-state index in [1.54, 1.807) is 0 Å². The van der Waals surface area contributed by atoms with Crippen LogP contribution in [-0.4, -0.2) is 9.55 Å². The molecule has 0 fully saturated rings. The molecule has 0 radical (unpaired) electrons. The Morgan fingerprint density at radius 3 is 2.74 bits per heavy atom. The monoisotopic (exact) mass is 315 g/mol. The van der Waals surface area contributed by atoms with E-state index < -0.39 is 0 Å². The summed E-state index contributed by atoms with van der Waals surface area (Å²) in [5, 5.41) is 3.38. The van der Waals surface area contributed by atoms with E-state index in [4.69, 9.17) is 0 Å². The first-order valence-electron chi connectivity index (χ1n) is 6.14. The van der Waals surface area contributed by atoms with Crippen LogP contribution >= 0.6 is 15.9 Å². The Balaban J connectivity index is 1.87. The summed E-state index contributed by atoms with van der Waals surface area (Å²) in [7, 11) is 2.05. The average molecular weight is 316 g/mol. The molecule has 0 atom stereocenters. The third-order valence-electron chi connectivity index (χ3n) is 3.16. The lowest BCUT2D eigenvalue weighted by atomic mass is 10.3. The van der Waals surface area contributed by atoms with Crippen molar-refractivity contribution >= 4 is 32.7 Å². The molecule has 0 aliphatic carbocycles. The van der Waals surface area contributed by atoms with Gasteiger partial charge in [-0.3, -0.25) is 0 Å². The van der Waals surface area contributed by atoms with Crippen LogP contribution in [0.1, 0.15) is 5.82 Å². The van der Waals surface area contributed by atoms with Crippen LogP contribution in [0.2, 0.25) is 0 Å². The Morgan fingerprint density at radius 1 is 1.16 bits per heavy atom. The Hall–Kier alpha value is -1.81. The normalized spacial score (nSPS) is 10.8. The van der Waals surface area contributed by atoms with E-state index in [1.165, 1.54) is 0 Å². The van der Waals surface area contributed by atoms with Gasteiger partial charge in [0.05, 0.1) is 17.6 Å². The first-order chi connectivity index (χ1) is 9.24. The second kappa shape index (κ2) is 5.05. The number of aryl methyl sites for hydroxylation is 1. The summed E-state index contributed by atoms with van der Waals surface area (Å²) < 4.78 is 3.18. The molecule has 0 amide bonds. The molecular formula is C15H14BrN3. The molecule has 3 rings (SSSR count). The SMILES string of the molecule is Cn1c(CNc2ccccc2)nc2cc(Br)ccc21. The molecule has 0 aliphatic heterocycles. The van der Waals surface area contributed by atoms with Gasteiger partial charge in [0.1, 0.15) is 5.82 Å². The molecule has 1 N–H and O–H groups in total. The first kappa shape index (κ1) is 12.2. The second-order valence-electron chi connectivity index (χ2n) is 4.44. The van der Waals surface area contributed by atoms with Gasteiger partial charge in [-0.05, 0) is 30.3 Å². The van der Waals surface area contributed by atoms with E-state index in [1.807, 2.05) is 37.4 Å². The number of hydrogen-bond donors (Lipinski definition) is 1. The highest BCUT2D eigenvalue weighted by atomic mass is 79.9. The van der Waals surface area contributed by atoms with Crippen LogP contribution in [0.25, 0.3) is 11.0 Å². The van der Waals surface area contributed by atoms with Crippen LogP contribution in [-0.2, 0) is 13.6 Å². The predicted octanol–water partition coefficient (Wildman–Crippen LogP) is 3.95. The standard InChI is InChI=1S/C15H14BrN3/c1-19-14-8-7-11(16)9-13(14)18-15(19)10-17-12-5-3-2-4-6-12/h2-9,17H,10H2,1H3. The third-order valence-corrected chi connectivity index (χ3v) is 3.65. The molecule has 96 valence electrons. The van der Waals surface area contributed by atoms with Gasteiger partial charge in [0.2, 0.25) is 0 Å². The molecule has 0 bridgehead atoms. The van der Waals surface area contributed by atoms with E-state index in [2.05, 4.69) is 49.0 Å². The van der Waals surface area contributed by atoms with Gasteiger partial charge in [-0.25, -0.2) is 4.98 Å². The maximum absolute atomic E-state index is 4.66. The quantitative estimate of drug-likeness (QED) is 0.793. The molecule has 0 spiro atoms. The maximum atomic E-state index is 4.66. The minimum atomic E-state index is 0.715. The van der Waals surface area contributed by atoms with Crippen LogP contribution in [0.5, 0.6) is 0 Å². The smallest absolute Gasteiger partial charge is 0.128 e. The van der Waals surface area contributed by atoms with Gasteiger partial charge in [0, 0.05) is 17.2 Å². The molecule has 19 heavy (non-hydrogen) atoms. The van der Waals surface area contributed by atoms with Crippen molar-refractivity contribution < 1.29 is 0 Å². The summed E-state index contributed by atoms with van der Waals surface area (Å²) in [5.74, 6) is 1.02. The van der Waals surface area contributed by atoms with Crippen LogP contribution in [0, 0.1) is 0 Å². The van der Waals surface area contributed by atoms with Crippen molar-refractivity contribution in [2.24, 2.45) is 7.05 Å². The molecule has 0 saturated heterocycles. The summed E-state index contributed by atoms with van der Waals surface area (Å²) in [6.45, 7) is 0.715. The Labute approximate surface area is 120 Å². The second-order valence-corrected chi connectivity index (χ2v) is 5.36. The summed E-state index contributed by atoms with van der Waals surface area (Å²) in [5.41, 5.74) is 3.27. The molecule has 0 saturated carbocycles. The number of hydrogen-bond acceptors (Lipinski definition) is 2. The number of rotatable bonds is 3. The van der Waals surface area contributed by atoms with Crippen molar-refractivity contribution in [3.8, 4) is 0 Å². The largest absolute Gasteiger partial charge is 0.378 e. The zero-order valence-corrected chi connectivity index (χ0v) is 12.2. The molecule has 3 aromatic rings. The lowest BCUT2D eigenvalue weighted by Gasteiger charge is -2.06. The van der Waals surface area contributed by atoms with Crippen LogP contribution in [0.15, 0.2) is 53.0 Å². The van der Waals surface area contributed by atoms with Gasteiger partial charge < -0.3 is 9.88 Å². The predicted molar refractivity (Wildman–Crippen MR) is 82.2 cm³/mol. The van der Waals surface area contributed by atoms with Gasteiger partial charge in [-0.15, -0.1) is 0 Å². The van der Waals surface area contributed by atoms with E-state index in [0.717, 1.165) is 27.0 Å². The Bertz CT molecular complexity index is 704. The van der Waals surface area contributed by atoms with Crippen LogP contribution in [0.3, 0.4) is 0 Å². The molecule has 0 unspecified atom stereocenters. The fourth-order valence-corrected chi connectivity index (χ4v) is 2.47. The zero-order valence-electron chi connectivity index (χ0n) is 10.6. The number of aromatic nitrogens is 2. The van der Waals surface area contributed by atoms with Crippen molar-refractivity contribution in [1.82, 2.24) is 9.55 Å². The number of benzene rings is 2. The molecule has 3 nitrogen and oxygen atoms in total. The summed E-state index contributed by atoms with van der Waals surface area (Å²) in [6, 6.07) is 16.3. The maximum Gasteiger partial charge on any atom is 0.128 e. The highest BCUT2D eigenvalue weighted by Gasteiger charge is 2.07. The lowest BCUT2D eigenvalue weighted by molar-refractivity contribution is 0.834. The molecule has 0 aliphatic rings. The van der Waals surface area contributed by atoms with E-state index >= 15 is 0 Å². The average Bonchev–Trinajstić information content (AvgIpc) is 2.74. The number of nitrogens with zero attached hydrogens (tertiary/aromatic N) is 2. The van der Waals surface area contributed by atoms with Crippen molar-refractivity contribution in [3.05, 3.63) is 58.8 Å². The van der Waals surface area contributed by atoms with Gasteiger partial charge in [-0.2, -0.15) is 0 Å². The highest BCUT2D eigenvalue weighted by molar-refractivity contribution is 9.10. The topological polar surface area (TPSA) is 29.9 Å². The van der Waals surface area contributed by atoms with Crippen LogP contribution < -0.4 is 5.32 Å². The summed E-state index contributed by atoms with van der Waals surface area (Å²) >= 11 is 3.48. The molecule has 1 heterocycles. The number of para-hydroxylation sites is 1. The molecule has 1 aromatic heterocycles. The summed E-state index contributed by atoms with van der Waals surface area (Å²) in [4.78, 5) is 4.66. The highest BCUT2D eigenvalue weighted by Crippen LogP contribution is 2.20. The summed E-state index contributed by atoms with van der Waals surface area (Å²) in [6.07, 6.45) is 0. The number of fused-ring (bicyclic) bond motifs is 1. The van der Waals surface area contributed by atoms with Crippen molar-refractivity contribution in [1.29, 1.82) is 0 Å². The van der Waals surface area contributed by atoms with Crippen molar-refractivity contribution in [2.45, 2.75) is 6.54 Å². The van der Waals surface area contributed by atoms with E-state index in [9.17, 15) is 0 Å². The zero-order chi connectivity index (χ0) is 13.2. The number of halogens is 1. The van der Waals surface area contributed by atoms with Crippen molar-refractivity contribution in [3.63, 3.8) is 0 Å². The third kappa shape index (κ3) is 2.49. The molecule has 2 aromatic carbocycles. The minimum absolute atomic E-state index is 0.715. The van der Waals surface area contributed by atoms with Gasteiger partial charge in [0.25, 0.3) is 0 Å². The van der Waals surface area contributed by atoms with Gasteiger partial charge >= 0.3 is 0 Å². The number of imidazole rings is 1. The van der Waals surface area contributed by atoms with Gasteiger partial charge in [0.15, 0.2) is 0 Å². The van der Waals surface area contributed by atoms with Gasteiger partial charge in [-0.1, -0.05) is 34.1 Å². The van der Waals surface area contributed by atoms with E-state index in [0.29, 0.717) is 6.54 Å². The van der Waals surface area contributed by atoms with Crippen LogP contribution in [0.4, 0.5) is 5.69 Å². The lowest BCUT2D eigenvalue weighted by Crippen LogP contribution is -2.05. The molecule has 4 heteroatoms. The van der Waals surface area contributed by atoms with Crippen molar-refractivity contribution in [2.75, 3.05) is 5.32 Å². The van der Waals surface area contributed by atoms with E-state index in [-0.39, 0.29) is 0 Å². The molecular weight excluding hydrogens is 302 g/mol. The first-order valence-corrected chi connectivity index (χ1v) is 6.93. The number of nitrogens with one attached hydrogen (secondary N) is 1. The minimum Gasteiger partial charge on any atom is -0.378 e. The fraction of sp³-hybridized carbons (Fsp3) is 0.133. The Morgan fingerprint density at radius 2 is 1.95 bits per heavy atom. The number of anilines is 1.